The number of nitrogens with zero attached hydrogens (tertiary/aromatic N) is 2. The molecule has 0 saturated carbocycles. The van der Waals surface area contributed by atoms with Crippen molar-refractivity contribution in [2.45, 2.75) is 32.7 Å². The minimum absolute atomic E-state index is 0.0267. The number of carbonyl (C=O) groups excluding carboxylic acids is 2. The van der Waals surface area contributed by atoms with Gasteiger partial charge in [-0.2, -0.15) is 0 Å². The number of aliphatic carboxylic acids is 1. The highest BCUT2D eigenvalue weighted by Gasteiger charge is 2.32. The number of hydrogen-bond acceptors (Lipinski definition) is 3. The van der Waals surface area contributed by atoms with E-state index < -0.39 is 17.8 Å². The molecular weight excluding hydrogens is 274 g/mol. The van der Waals surface area contributed by atoms with E-state index in [1.807, 2.05) is 20.8 Å². The molecule has 119 valence electrons. The van der Waals surface area contributed by atoms with Gasteiger partial charge in [-0.1, -0.05) is 6.92 Å². The van der Waals surface area contributed by atoms with Gasteiger partial charge in [0.25, 0.3) is 0 Å². The van der Waals surface area contributed by atoms with Gasteiger partial charge in [0.2, 0.25) is 5.91 Å². The van der Waals surface area contributed by atoms with Crippen molar-refractivity contribution in [3.8, 4) is 0 Å². The molecule has 1 heterocycles. The van der Waals surface area contributed by atoms with Crippen LogP contribution in [0.25, 0.3) is 0 Å². The molecule has 1 unspecified atom stereocenters. The van der Waals surface area contributed by atoms with E-state index in [0.29, 0.717) is 26.2 Å². The third-order valence-corrected chi connectivity index (χ3v) is 3.25. The highest BCUT2D eigenvalue weighted by molar-refractivity contribution is 5.97. The van der Waals surface area contributed by atoms with E-state index in [9.17, 15) is 14.4 Å². The van der Waals surface area contributed by atoms with E-state index >= 15 is 0 Å². The van der Waals surface area contributed by atoms with Crippen molar-refractivity contribution in [1.82, 2.24) is 15.1 Å². The Balaban J connectivity index is 2.54. The molecule has 1 radical (unpaired) electrons. The average molecular weight is 298 g/mol. The number of piperazine rings is 1. The molecule has 0 aliphatic carbocycles. The standard InChI is InChI=1S/C14H24N3O4/c1-5-10(12(19)20)11(18)16-6-8-17(9-7-16)13(21)15-14(2,3)4/h10H,1,5-9H2,2-4H3,(H,15,21)(H,19,20). The van der Waals surface area contributed by atoms with Crippen LogP contribution in [0.2, 0.25) is 0 Å². The lowest BCUT2D eigenvalue weighted by Crippen LogP contribution is -2.57. The summed E-state index contributed by atoms with van der Waals surface area (Å²) in [5, 5.41) is 11.8. The Morgan fingerprint density at radius 2 is 1.62 bits per heavy atom. The second-order valence-corrected chi connectivity index (χ2v) is 6.17. The second kappa shape index (κ2) is 6.78. The Morgan fingerprint density at radius 3 is 2.00 bits per heavy atom. The van der Waals surface area contributed by atoms with Gasteiger partial charge in [0.05, 0.1) is 0 Å². The van der Waals surface area contributed by atoms with E-state index in [1.54, 1.807) is 4.90 Å². The molecule has 0 spiro atoms. The van der Waals surface area contributed by atoms with Crippen molar-refractivity contribution in [1.29, 1.82) is 0 Å². The largest absolute Gasteiger partial charge is 0.481 e. The zero-order chi connectivity index (χ0) is 16.2. The molecule has 2 N–H and O–H groups in total. The second-order valence-electron chi connectivity index (χ2n) is 6.17. The third-order valence-electron chi connectivity index (χ3n) is 3.25. The predicted octanol–water partition coefficient (Wildman–Crippen LogP) is 0.564. The Bertz CT molecular complexity index is 409. The van der Waals surface area contributed by atoms with Crippen LogP contribution in [0.1, 0.15) is 27.2 Å². The Labute approximate surface area is 125 Å². The summed E-state index contributed by atoms with van der Waals surface area (Å²) in [6.07, 6.45) is 0.0267. The number of amides is 3. The SMILES string of the molecule is [CH2]CC(C(=O)O)C(=O)N1CCN(C(=O)NC(C)(C)C)CC1. The lowest BCUT2D eigenvalue weighted by atomic mass is 10.0. The Morgan fingerprint density at radius 1 is 1.14 bits per heavy atom. The molecule has 1 atom stereocenters. The van der Waals surface area contributed by atoms with Crippen LogP contribution in [-0.4, -0.2) is 64.5 Å². The number of urea groups is 1. The highest BCUT2D eigenvalue weighted by Crippen LogP contribution is 2.12. The summed E-state index contributed by atoms with van der Waals surface area (Å²) in [5.41, 5.74) is -0.313. The molecule has 3 amide bonds. The van der Waals surface area contributed by atoms with Crippen molar-refractivity contribution < 1.29 is 19.5 Å². The molecule has 0 bridgehead atoms. The number of carboxylic acids is 1. The molecule has 7 nitrogen and oxygen atoms in total. The number of hydrogen-bond donors (Lipinski definition) is 2. The van der Waals surface area contributed by atoms with Gasteiger partial charge in [-0.3, -0.25) is 9.59 Å². The van der Waals surface area contributed by atoms with Gasteiger partial charge in [0.15, 0.2) is 0 Å². The summed E-state index contributed by atoms with van der Waals surface area (Å²) in [4.78, 5) is 38.2. The van der Waals surface area contributed by atoms with Gasteiger partial charge >= 0.3 is 12.0 Å². The van der Waals surface area contributed by atoms with E-state index in [-0.39, 0.29) is 18.0 Å². The fourth-order valence-electron chi connectivity index (χ4n) is 2.10. The van der Waals surface area contributed by atoms with Crippen molar-refractivity contribution >= 4 is 17.9 Å². The molecule has 0 aromatic heterocycles. The molecular formula is C14H24N3O4. The number of carboxylic acid groups (broad SMARTS) is 1. The minimum atomic E-state index is -1.15. The lowest BCUT2D eigenvalue weighted by Gasteiger charge is -2.37. The topological polar surface area (TPSA) is 90.0 Å². The number of rotatable bonds is 3. The van der Waals surface area contributed by atoms with Crippen LogP contribution in [0.15, 0.2) is 0 Å². The molecule has 7 heteroatoms. The smallest absolute Gasteiger partial charge is 0.317 e. The first-order valence-corrected chi connectivity index (χ1v) is 7.03. The van der Waals surface area contributed by atoms with E-state index in [4.69, 9.17) is 5.11 Å². The van der Waals surface area contributed by atoms with Gasteiger partial charge in [0, 0.05) is 31.7 Å². The van der Waals surface area contributed by atoms with Gasteiger partial charge in [-0.15, -0.1) is 0 Å². The summed E-state index contributed by atoms with van der Waals surface area (Å²) in [7, 11) is 0. The van der Waals surface area contributed by atoms with E-state index in [1.165, 1.54) is 4.90 Å². The van der Waals surface area contributed by atoms with Gasteiger partial charge < -0.3 is 20.2 Å². The highest BCUT2D eigenvalue weighted by atomic mass is 16.4. The van der Waals surface area contributed by atoms with Crippen molar-refractivity contribution in [2.24, 2.45) is 5.92 Å². The molecule has 1 saturated heterocycles. The van der Waals surface area contributed by atoms with Crippen molar-refractivity contribution in [3.05, 3.63) is 6.92 Å². The molecule has 1 aliphatic heterocycles. The van der Waals surface area contributed by atoms with Crippen LogP contribution in [0, 0.1) is 12.8 Å². The zero-order valence-corrected chi connectivity index (χ0v) is 12.9. The fraction of sp³-hybridized carbons (Fsp3) is 0.714. The first-order chi connectivity index (χ1) is 9.65. The average Bonchev–Trinajstić information content (AvgIpc) is 2.37. The number of carbonyl (C=O) groups is 3. The summed E-state index contributed by atoms with van der Waals surface area (Å²) in [5.74, 6) is -2.67. The quantitative estimate of drug-likeness (QED) is 0.745. The van der Waals surface area contributed by atoms with Crippen LogP contribution in [0.4, 0.5) is 4.79 Å². The van der Waals surface area contributed by atoms with Crippen molar-refractivity contribution in [2.75, 3.05) is 26.2 Å². The summed E-state index contributed by atoms with van der Waals surface area (Å²) in [6.45, 7) is 10.7. The first-order valence-electron chi connectivity index (χ1n) is 7.03. The third kappa shape index (κ3) is 4.91. The summed E-state index contributed by atoms with van der Waals surface area (Å²) in [6, 6.07) is -0.165. The van der Waals surface area contributed by atoms with Gasteiger partial charge in [-0.25, -0.2) is 4.79 Å². The van der Waals surface area contributed by atoms with E-state index in [2.05, 4.69) is 12.2 Å². The Hall–Kier alpha value is -1.79. The zero-order valence-electron chi connectivity index (χ0n) is 12.9. The first kappa shape index (κ1) is 17.3. The minimum Gasteiger partial charge on any atom is -0.481 e. The maximum Gasteiger partial charge on any atom is 0.317 e. The monoisotopic (exact) mass is 298 g/mol. The van der Waals surface area contributed by atoms with E-state index in [0.717, 1.165) is 0 Å². The van der Waals surface area contributed by atoms with Crippen LogP contribution >= 0.6 is 0 Å². The van der Waals surface area contributed by atoms with Crippen LogP contribution in [0.5, 0.6) is 0 Å². The molecule has 0 aromatic carbocycles. The van der Waals surface area contributed by atoms with Crippen LogP contribution in [0.3, 0.4) is 0 Å². The number of nitrogens with one attached hydrogen (secondary N) is 1. The maximum atomic E-state index is 12.1. The molecule has 0 aromatic rings. The van der Waals surface area contributed by atoms with Crippen molar-refractivity contribution in [3.63, 3.8) is 0 Å². The normalized spacial score (nSPS) is 17.3. The van der Waals surface area contributed by atoms with Crippen LogP contribution in [-0.2, 0) is 9.59 Å². The predicted molar refractivity (Wildman–Crippen MR) is 77.5 cm³/mol. The van der Waals surface area contributed by atoms with Crippen LogP contribution < -0.4 is 5.32 Å². The van der Waals surface area contributed by atoms with Gasteiger partial charge in [-0.05, 0) is 27.2 Å². The molecule has 21 heavy (non-hydrogen) atoms. The molecule has 1 aliphatic rings. The molecule has 1 fully saturated rings. The summed E-state index contributed by atoms with van der Waals surface area (Å²) >= 11 is 0. The maximum absolute atomic E-state index is 12.1. The van der Waals surface area contributed by atoms with Gasteiger partial charge in [0.1, 0.15) is 5.92 Å². The fourth-order valence-corrected chi connectivity index (χ4v) is 2.10. The molecule has 1 rings (SSSR count). The summed E-state index contributed by atoms with van der Waals surface area (Å²) < 4.78 is 0. The lowest BCUT2D eigenvalue weighted by molar-refractivity contribution is -0.151. The Kier molecular flexibility index (Phi) is 5.57.